The van der Waals surface area contributed by atoms with Crippen molar-refractivity contribution in [2.24, 2.45) is 0 Å². The zero-order chi connectivity index (χ0) is 16.9. The number of hydrogen-bond donors (Lipinski definition) is 0. The average molecular weight is 322 g/mol. The molecule has 0 aromatic carbocycles. The second-order valence-electron chi connectivity index (χ2n) is 6.39. The summed E-state index contributed by atoms with van der Waals surface area (Å²) in [6.07, 6.45) is 17.1. The van der Waals surface area contributed by atoms with Gasteiger partial charge in [-0.25, -0.2) is 9.13 Å². The molecule has 0 fully saturated rings. The smallest absolute Gasteiger partial charge is 0.256 e. The first kappa shape index (κ1) is 19.7. The summed E-state index contributed by atoms with van der Waals surface area (Å²) in [4.78, 5) is 10.7. The van der Waals surface area contributed by atoms with Crippen LogP contribution in [0.3, 0.4) is 0 Å². The lowest BCUT2D eigenvalue weighted by Gasteiger charge is -2.05. The van der Waals surface area contributed by atoms with Crippen molar-refractivity contribution in [1.29, 1.82) is 0 Å². The summed E-state index contributed by atoms with van der Waals surface area (Å²) in [6, 6.07) is 0. The molecule has 0 aliphatic rings. The molecule has 4 heteroatoms. The highest BCUT2D eigenvalue weighted by Gasteiger charge is 2.15. The van der Waals surface area contributed by atoms with Crippen LogP contribution in [-0.4, -0.2) is 10.5 Å². The molecule has 0 amide bonds. The molecule has 1 aromatic heterocycles. The molecule has 0 saturated heterocycles. The maximum absolute atomic E-state index is 10.7. The quantitative estimate of drug-likeness (QED) is 0.390. The third kappa shape index (κ3) is 8.19. The van der Waals surface area contributed by atoms with Crippen LogP contribution >= 0.6 is 0 Å². The topological polar surface area (TPSA) is 48.9 Å². The van der Waals surface area contributed by atoms with Crippen molar-refractivity contribution in [3.05, 3.63) is 18.2 Å². The van der Waals surface area contributed by atoms with Crippen molar-refractivity contribution >= 4 is 5.97 Å². The Kier molecular flexibility index (Phi) is 10.4. The lowest BCUT2D eigenvalue weighted by atomic mass is 10.1. The number of rotatable bonds is 14. The van der Waals surface area contributed by atoms with Gasteiger partial charge in [0.15, 0.2) is 0 Å². The lowest BCUT2D eigenvalue weighted by molar-refractivity contribution is -0.703. The third-order valence-electron chi connectivity index (χ3n) is 4.49. The average Bonchev–Trinajstić information content (AvgIpc) is 2.93. The van der Waals surface area contributed by atoms with E-state index in [1.807, 2.05) is 6.20 Å². The van der Waals surface area contributed by atoms with Gasteiger partial charge in [-0.1, -0.05) is 58.3 Å². The first-order valence-electron chi connectivity index (χ1n) is 9.46. The largest absolute Gasteiger partial charge is 0.550 e. The molecule has 0 N–H and O–H groups in total. The fourth-order valence-corrected chi connectivity index (χ4v) is 3.08. The number of aliphatic carboxylic acids is 1. The standard InChI is InChI=1S/C19H34N2O2/c1-3-5-6-7-8-9-10-11-12-13-18-20(4-2)16-17-21(18)15-14-19(22)23/h16-17H,3-15H2,1-2H3. The van der Waals surface area contributed by atoms with Crippen LogP contribution < -0.4 is 9.67 Å². The molecular weight excluding hydrogens is 288 g/mol. The molecular formula is C19H34N2O2. The van der Waals surface area contributed by atoms with E-state index in [-0.39, 0.29) is 6.42 Å². The molecule has 1 heterocycles. The van der Waals surface area contributed by atoms with Gasteiger partial charge in [0, 0.05) is 18.8 Å². The molecule has 0 unspecified atom stereocenters. The van der Waals surface area contributed by atoms with Crippen LogP contribution in [0.2, 0.25) is 0 Å². The molecule has 0 saturated carbocycles. The second-order valence-corrected chi connectivity index (χ2v) is 6.39. The van der Waals surface area contributed by atoms with Gasteiger partial charge in [0.1, 0.15) is 12.4 Å². The molecule has 23 heavy (non-hydrogen) atoms. The fraction of sp³-hybridized carbons (Fsp3) is 0.789. The number of hydrogen-bond acceptors (Lipinski definition) is 2. The van der Waals surface area contributed by atoms with Crippen molar-refractivity contribution < 1.29 is 14.5 Å². The van der Waals surface area contributed by atoms with Crippen molar-refractivity contribution in [1.82, 2.24) is 4.57 Å². The van der Waals surface area contributed by atoms with E-state index < -0.39 is 5.97 Å². The van der Waals surface area contributed by atoms with Crippen LogP contribution in [-0.2, 0) is 24.3 Å². The minimum atomic E-state index is -0.976. The summed E-state index contributed by atoms with van der Waals surface area (Å²) in [5, 5.41) is 10.7. The van der Waals surface area contributed by atoms with Crippen molar-refractivity contribution in [2.75, 3.05) is 0 Å². The van der Waals surface area contributed by atoms with Gasteiger partial charge in [0.25, 0.3) is 5.82 Å². The SMILES string of the molecule is CCCCCCCCCCCc1n(CC)cc[n+]1CCC(=O)[O-]. The van der Waals surface area contributed by atoms with E-state index >= 15 is 0 Å². The number of carbonyl (C=O) groups excluding carboxylic acids is 1. The number of carboxylic acid groups (broad SMARTS) is 1. The van der Waals surface area contributed by atoms with Crippen molar-refractivity contribution in [3.8, 4) is 0 Å². The molecule has 0 spiro atoms. The van der Waals surface area contributed by atoms with Crippen LogP contribution in [0, 0.1) is 0 Å². The van der Waals surface area contributed by atoms with Crippen molar-refractivity contribution in [3.63, 3.8) is 0 Å². The summed E-state index contributed by atoms with van der Waals surface area (Å²) in [7, 11) is 0. The Balaban J connectivity index is 2.25. The highest BCUT2D eigenvalue weighted by molar-refractivity contribution is 5.63. The summed E-state index contributed by atoms with van der Waals surface area (Å²) in [6.45, 7) is 5.83. The monoisotopic (exact) mass is 322 g/mol. The minimum absolute atomic E-state index is 0.0865. The number of nitrogens with zero attached hydrogens (tertiary/aromatic N) is 2. The Morgan fingerprint density at radius 1 is 1.04 bits per heavy atom. The van der Waals surface area contributed by atoms with Crippen LogP contribution in [0.15, 0.2) is 12.4 Å². The third-order valence-corrected chi connectivity index (χ3v) is 4.49. The number of aryl methyl sites for hydroxylation is 2. The van der Waals surface area contributed by atoms with E-state index in [9.17, 15) is 9.90 Å². The van der Waals surface area contributed by atoms with Gasteiger partial charge >= 0.3 is 0 Å². The summed E-state index contributed by atoms with van der Waals surface area (Å²) in [5.41, 5.74) is 0. The van der Waals surface area contributed by atoms with Gasteiger partial charge in [-0.05, 0) is 13.3 Å². The maximum Gasteiger partial charge on any atom is 0.256 e. The fourth-order valence-electron chi connectivity index (χ4n) is 3.08. The van der Waals surface area contributed by atoms with Crippen molar-refractivity contribution in [2.45, 2.75) is 97.6 Å². The number of imidazole rings is 1. The Hall–Kier alpha value is -1.32. The first-order valence-corrected chi connectivity index (χ1v) is 9.46. The Morgan fingerprint density at radius 2 is 1.65 bits per heavy atom. The summed E-state index contributed by atoms with van der Waals surface area (Å²) < 4.78 is 4.30. The molecule has 0 aliphatic carbocycles. The van der Waals surface area contributed by atoms with E-state index in [1.165, 1.54) is 63.6 Å². The minimum Gasteiger partial charge on any atom is -0.550 e. The van der Waals surface area contributed by atoms with Gasteiger partial charge in [-0.3, -0.25) is 0 Å². The molecule has 0 atom stereocenters. The molecule has 0 aliphatic heterocycles. The normalized spacial score (nSPS) is 11.0. The van der Waals surface area contributed by atoms with Crippen LogP contribution in [0.4, 0.5) is 0 Å². The molecule has 0 bridgehead atoms. The highest BCUT2D eigenvalue weighted by Crippen LogP contribution is 2.11. The Labute approximate surface area is 141 Å². The Bertz CT molecular complexity index is 441. The van der Waals surface area contributed by atoms with Crippen LogP contribution in [0.1, 0.15) is 83.9 Å². The lowest BCUT2D eigenvalue weighted by Crippen LogP contribution is -2.40. The van der Waals surface area contributed by atoms with E-state index in [4.69, 9.17) is 0 Å². The summed E-state index contributed by atoms with van der Waals surface area (Å²) in [5.74, 6) is 0.271. The van der Waals surface area contributed by atoms with Gasteiger partial charge in [-0.2, -0.15) is 0 Å². The number of aromatic nitrogens is 2. The number of carboxylic acids is 1. The van der Waals surface area contributed by atoms with Gasteiger partial charge in [0.2, 0.25) is 0 Å². The second kappa shape index (κ2) is 12.1. The first-order chi connectivity index (χ1) is 11.2. The molecule has 1 aromatic rings. The molecule has 4 nitrogen and oxygen atoms in total. The van der Waals surface area contributed by atoms with Gasteiger partial charge in [0.05, 0.1) is 13.1 Å². The number of unbranched alkanes of at least 4 members (excludes halogenated alkanes) is 8. The predicted molar refractivity (Wildman–Crippen MR) is 90.9 cm³/mol. The van der Waals surface area contributed by atoms with Gasteiger partial charge < -0.3 is 9.90 Å². The highest BCUT2D eigenvalue weighted by atomic mass is 16.4. The van der Waals surface area contributed by atoms with E-state index in [2.05, 4.69) is 29.2 Å². The zero-order valence-electron chi connectivity index (χ0n) is 15.1. The Morgan fingerprint density at radius 3 is 2.22 bits per heavy atom. The predicted octanol–water partition coefficient (Wildman–Crippen LogP) is 3.01. The molecule has 0 radical (unpaired) electrons. The molecule has 132 valence electrons. The van der Waals surface area contributed by atoms with E-state index in [1.54, 1.807) is 0 Å². The van der Waals surface area contributed by atoms with E-state index in [0.717, 1.165) is 13.0 Å². The van der Waals surface area contributed by atoms with Gasteiger partial charge in [-0.15, -0.1) is 0 Å². The molecule has 1 rings (SSSR count). The zero-order valence-corrected chi connectivity index (χ0v) is 15.1. The summed E-state index contributed by atoms with van der Waals surface area (Å²) >= 11 is 0. The van der Waals surface area contributed by atoms with E-state index in [0.29, 0.717) is 6.54 Å². The number of carbonyl (C=O) groups is 1. The maximum atomic E-state index is 10.7. The van der Waals surface area contributed by atoms with Crippen LogP contribution in [0.25, 0.3) is 0 Å². The van der Waals surface area contributed by atoms with Crippen LogP contribution in [0.5, 0.6) is 0 Å².